The summed E-state index contributed by atoms with van der Waals surface area (Å²) in [7, 11) is 0. The average Bonchev–Trinajstić information content (AvgIpc) is 3.48. The van der Waals surface area contributed by atoms with Gasteiger partial charge in [-0.15, -0.1) is 0 Å². The first-order valence-corrected chi connectivity index (χ1v) is 10.9. The van der Waals surface area contributed by atoms with Crippen LogP contribution in [-0.4, -0.2) is 47.9 Å². The van der Waals surface area contributed by atoms with Crippen LogP contribution in [0.1, 0.15) is 41.0 Å². The minimum absolute atomic E-state index is 0.132. The second-order valence-electron chi connectivity index (χ2n) is 7.64. The Bertz CT molecular complexity index is 1010. The molecule has 0 radical (unpaired) electrons. The summed E-state index contributed by atoms with van der Waals surface area (Å²) in [5.41, 5.74) is 0.772. The Balaban J connectivity index is 1.76. The van der Waals surface area contributed by atoms with E-state index in [1.807, 2.05) is 26.0 Å². The number of halogens is 1. The van der Waals surface area contributed by atoms with Gasteiger partial charge in [0, 0.05) is 26.3 Å². The summed E-state index contributed by atoms with van der Waals surface area (Å²) < 4.78 is 29.6. The average molecular weight is 457 g/mol. The van der Waals surface area contributed by atoms with Gasteiger partial charge in [0.2, 0.25) is 5.91 Å². The van der Waals surface area contributed by atoms with Crippen LogP contribution >= 0.6 is 0 Å². The van der Waals surface area contributed by atoms with E-state index < -0.39 is 0 Å². The number of benzene rings is 1. The summed E-state index contributed by atoms with van der Waals surface area (Å²) >= 11 is 0. The van der Waals surface area contributed by atoms with E-state index in [1.165, 1.54) is 23.3 Å². The molecule has 33 heavy (non-hydrogen) atoms. The third kappa shape index (κ3) is 7.32. The number of rotatable bonds is 12. The summed E-state index contributed by atoms with van der Waals surface area (Å²) in [5.74, 6) is 0.576. The van der Waals surface area contributed by atoms with Crippen molar-refractivity contribution in [1.82, 2.24) is 9.80 Å². The van der Waals surface area contributed by atoms with Gasteiger partial charge in [0.25, 0.3) is 5.91 Å². The zero-order valence-corrected chi connectivity index (χ0v) is 19.0. The standard InChI is InChI=1S/C25H29FN2O5/c1-3-31-14-5-13-27(25(30)23-6-4-15-32-23)18-24(29)28(17-22-12-7-19(2)33-22)16-20-8-10-21(26)11-9-20/h4,6-12,15H,3,5,13-14,16-18H2,1-2H3. The molecule has 0 aliphatic heterocycles. The van der Waals surface area contributed by atoms with Crippen LogP contribution in [0.25, 0.3) is 0 Å². The van der Waals surface area contributed by atoms with Gasteiger partial charge in [-0.25, -0.2) is 4.39 Å². The highest BCUT2D eigenvalue weighted by atomic mass is 19.1. The number of aryl methyl sites for hydroxylation is 1. The zero-order chi connectivity index (χ0) is 23.6. The van der Waals surface area contributed by atoms with E-state index in [0.717, 1.165) is 11.3 Å². The molecule has 0 fully saturated rings. The molecule has 0 N–H and O–H groups in total. The van der Waals surface area contributed by atoms with E-state index in [2.05, 4.69) is 0 Å². The van der Waals surface area contributed by atoms with Gasteiger partial charge in [-0.2, -0.15) is 0 Å². The fourth-order valence-corrected chi connectivity index (χ4v) is 3.37. The Kier molecular flexibility index (Phi) is 8.83. The lowest BCUT2D eigenvalue weighted by Crippen LogP contribution is -2.43. The van der Waals surface area contributed by atoms with Gasteiger partial charge in [0.05, 0.1) is 12.8 Å². The molecule has 0 aliphatic rings. The second kappa shape index (κ2) is 12.0. The molecule has 0 bridgehead atoms. The predicted molar refractivity (Wildman–Crippen MR) is 120 cm³/mol. The molecule has 0 saturated carbocycles. The first-order chi connectivity index (χ1) is 16.0. The van der Waals surface area contributed by atoms with Crippen molar-refractivity contribution in [2.75, 3.05) is 26.3 Å². The maximum absolute atomic E-state index is 13.4. The van der Waals surface area contributed by atoms with Crippen LogP contribution in [0, 0.1) is 12.7 Å². The van der Waals surface area contributed by atoms with E-state index in [0.29, 0.717) is 31.9 Å². The maximum atomic E-state index is 13.4. The van der Waals surface area contributed by atoms with Gasteiger partial charge in [-0.05, 0) is 62.2 Å². The van der Waals surface area contributed by atoms with Crippen LogP contribution in [0.15, 0.2) is 63.6 Å². The Morgan fingerprint density at radius 1 is 1.03 bits per heavy atom. The van der Waals surface area contributed by atoms with Gasteiger partial charge in [-0.1, -0.05) is 12.1 Å². The molecule has 176 valence electrons. The lowest BCUT2D eigenvalue weighted by molar-refractivity contribution is -0.133. The molecule has 0 spiro atoms. The molecule has 3 rings (SSSR count). The van der Waals surface area contributed by atoms with Gasteiger partial charge >= 0.3 is 0 Å². The largest absolute Gasteiger partial charge is 0.464 e. The van der Waals surface area contributed by atoms with Crippen LogP contribution in [0.5, 0.6) is 0 Å². The molecular weight excluding hydrogens is 427 g/mol. The van der Waals surface area contributed by atoms with E-state index in [9.17, 15) is 14.0 Å². The highest BCUT2D eigenvalue weighted by Gasteiger charge is 2.24. The SMILES string of the molecule is CCOCCCN(CC(=O)N(Cc1ccc(F)cc1)Cc1ccc(C)o1)C(=O)c1ccco1. The van der Waals surface area contributed by atoms with Crippen LogP contribution < -0.4 is 0 Å². The Morgan fingerprint density at radius 3 is 2.45 bits per heavy atom. The fraction of sp³-hybridized carbons (Fsp3) is 0.360. The molecule has 0 unspecified atom stereocenters. The van der Waals surface area contributed by atoms with Gasteiger partial charge < -0.3 is 23.4 Å². The van der Waals surface area contributed by atoms with Crippen LogP contribution in [-0.2, 0) is 22.6 Å². The zero-order valence-electron chi connectivity index (χ0n) is 19.0. The van der Waals surface area contributed by atoms with Gasteiger partial charge in [0.1, 0.15) is 23.9 Å². The van der Waals surface area contributed by atoms with E-state index >= 15 is 0 Å². The molecule has 8 heteroatoms. The normalized spacial score (nSPS) is 10.9. The van der Waals surface area contributed by atoms with Crippen molar-refractivity contribution in [3.63, 3.8) is 0 Å². The number of hydrogen-bond acceptors (Lipinski definition) is 5. The molecule has 1 aromatic carbocycles. The van der Waals surface area contributed by atoms with E-state index in [1.54, 1.807) is 29.2 Å². The predicted octanol–water partition coefficient (Wildman–Crippen LogP) is 4.42. The van der Waals surface area contributed by atoms with E-state index in [4.69, 9.17) is 13.6 Å². The second-order valence-corrected chi connectivity index (χ2v) is 7.64. The van der Waals surface area contributed by atoms with Crippen molar-refractivity contribution in [2.24, 2.45) is 0 Å². The van der Waals surface area contributed by atoms with Crippen molar-refractivity contribution in [2.45, 2.75) is 33.4 Å². The van der Waals surface area contributed by atoms with Crippen molar-refractivity contribution in [3.8, 4) is 0 Å². The summed E-state index contributed by atoms with van der Waals surface area (Å²) in [6.45, 7) is 5.49. The molecule has 7 nitrogen and oxygen atoms in total. The van der Waals surface area contributed by atoms with Crippen LogP contribution in [0.3, 0.4) is 0 Å². The minimum atomic E-state index is -0.361. The molecule has 2 aromatic heterocycles. The van der Waals surface area contributed by atoms with Crippen LogP contribution in [0.4, 0.5) is 4.39 Å². The van der Waals surface area contributed by atoms with Crippen molar-refractivity contribution in [3.05, 3.63) is 83.5 Å². The Hall–Kier alpha value is -3.39. The minimum Gasteiger partial charge on any atom is -0.464 e. The van der Waals surface area contributed by atoms with E-state index in [-0.39, 0.29) is 43.0 Å². The first kappa shape index (κ1) is 24.3. The lowest BCUT2D eigenvalue weighted by atomic mass is 10.2. The molecular formula is C25H29FN2O5. The highest BCUT2D eigenvalue weighted by Crippen LogP contribution is 2.15. The number of ether oxygens (including phenoxy) is 1. The Labute approximate surface area is 192 Å². The third-order valence-electron chi connectivity index (χ3n) is 5.05. The molecule has 2 amide bonds. The van der Waals surface area contributed by atoms with Crippen molar-refractivity contribution < 1.29 is 27.6 Å². The smallest absolute Gasteiger partial charge is 0.290 e. The lowest BCUT2D eigenvalue weighted by Gasteiger charge is -2.27. The summed E-state index contributed by atoms with van der Waals surface area (Å²) in [5, 5.41) is 0. The van der Waals surface area contributed by atoms with Gasteiger partial charge in [0.15, 0.2) is 5.76 Å². The topological polar surface area (TPSA) is 76.1 Å². The number of nitrogens with zero attached hydrogens (tertiary/aromatic N) is 2. The highest BCUT2D eigenvalue weighted by molar-refractivity contribution is 5.94. The molecule has 0 saturated heterocycles. The molecule has 0 aliphatic carbocycles. The summed E-state index contributed by atoms with van der Waals surface area (Å²) in [6, 6.07) is 12.8. The number of carbonyl (C=O) groups excluding carboxylic acids is 2. The third-order valence-corrected chi connectivity index (χ3v) is 5.05. The summed E-state index contributed by atoms with van der Waals surface area (Å²) in [4.78, 5) is 29.4. The number of hydrogen-bond donors (Lipinski definition) is 0. The van der Waals surface area contributed by atoms with Gasteiger partial charge in [-0.3, -0.25) is 9.59 Å². The summed E-state index contributed by atoms with van der Waals surface area (Å²) in [6.07, 6.45) is 2.01. The number of furan rings is 2. The molecule has 0 atom stereocenters. The number of amides is 2. The Morgan fingerprint density at radius 2 is 1.82 bits per heavy atom. The van der Waals surface area contributed by atoms with Crippen molar-refractivity contribution >= 4 is 11.8 Å². The number of carbonyl (C=O) groups is 2. The quantitative estimate of drug-likeness (QED) is 0.377. The first-order valence-electron chi connectivity index (χ1n) is 10.9. The molecule has 3 aromatic rings. The van der Waals surface area contributed by atoms with Crippen molar-refractivity contribution in [1.29, 1.82) is 0 Å². The van der Waals surface area contributed by atoms with Crippen LogP contribution in [0.2, 0.25) is 0 Å². The monoisotopic (exact) mass is 456 g/mol. The maximum Gasteiger partial charge on any atom is 0.290 e. The molecule has 2 heterocycles. The fourth-order valence-electron chi connectivity index (χ4n) is 3.37.